The van der Waals surface area contributed by atoms with Crippen LogP contribution in [0.15, 0.2) is 0 Å². The van der Waals surface area contributed by atoms with E-state index >= 15 is 0 Å². The highest BCUT2D eigenvalue weighted by Crippen LogP contribution is 2.46. The fraction of sp³-hybridized carbons (Fsp3) is 1.00. The largest absolute Gasteiger partial charge is 0.375 e. The van der Waals surface area contributed by atoms with Crippen LogP contribution in [0, 0.1) is 11.8 Å². The Hall–Kier alpha value is -0.0800. The Morgan fingerprint density at radius 1 is 1.12 bits per heavy atom. The maximum Gasteiger partial charge on any atom is 0.0685 e. The molecule has 1 spiro atoms. The van der Waals surface area contributed by atoms with Gasteiger partial charge in [-0.05, 0) is 70.3 Å². The summed E-state index contributed by atoms with van der Waals surface area (Å²) in [5, 5.41) is 3.65. The average Bonchev–Trinajstić information content (AvgIpc) is 2.28. The van der Waals surface area contributed by atoms with Crippen LogP contribution in [0.5, 0.6) is 0 Å². The monoisotopic (exact) mass is 223 g/mol. The van der Waals surface area contributed by atoms with E-state index in [2.05, 4.69) is 12.2 Å². The predicted molar refractivity (Wildman–Crippen MR) is 65.4 cm³/mol. The lowest BCUT2D eigenvalue weighted by molar-refractivity contribution is -0.151. The van der Waals surface area contributed by atoms with Gasteiger partial charge in [-0.1, -0.05) is 0 Å². The van der Waals surface area contributed by atoms with E-state index in [-0.39, 0.29) is 0 Å². The summed E-state index contributed by atoms with van der Waals surface area (Å²) in [4.78, 5) is 0. The van der Waals surface area contributed by atoms with Gasteiger partial charge in [-0.25, -0.2) is 0 Å². The van der Waals surface area contributed by atoms with Crippen LogP contribution in [0.4, 0.5) is 0 Å². The standard InChI is InChI=1S/C14H25NO/c1-11-3-4-13(10-15-11)12-5-8-16-14(9-12)6-2-7-14/h11-13,15H,2-10H2,1H3. The normalized spacial score (nSPS) is 42.9. The zero-order chi connectivity index (χ0) is 11.0. The molecule has 0 radical (unpaired) electrons. The fourth-order valence-electron chi connectivity index (χ4n) is 3.81. The van der Waals surface area contributed by atoms with E-state index in [4.69, 9.17) is 4.74 Å². The Labute approximate surface area is 99.1 Å². The summed E-state index contributed by atoms with van der Waals surface area (Å²) in [5.74, 6) is 1.87. The first-order valence-corrected chi connectivity index (χ1v) is 7.15. The van der Waals surface area contributed by atoms with Crippen LogP contribution < -0.4 is 5.32 Å². The van der Waals surface area contributed by atoms with Gasteiger partial charge in [0, 0.05) is 12.6 Å². The van der Waals surface area contributed by atoms with Crippen molar-refractivity contribution in [3.8, 4) is 0 Å². The summed E-state index contributed by atoms with van der Waals surface area (Å²) in [6.07, 6.45) is 9.53. The second kappa shape index (κ2) is 4.30. The van der Waals surface area contributed by atoms with Crippen LogP contribution in [0.3, 0.4) is 0 Å². The Bertz CT molecular complexity index is 241. The van der Waals surface area contributed by atoms with Crippen LogP contribution >= 0.6 is 0 Å². The molecule has 2 heterocycles. The van der Waals surface area contributed by atoms with Crippen molar-refractivity contribution in [2.24, 2.45) is 11.8 Å². The number of rotatable bonds is 1. The summed E-state index contributed by atoms with van der Waals surface area (Å²) in [7, 11) is 0. The van der Waals surface area contributed by atoms with E-state index in [0.717, 1.165) is 24.5 Å². The van der Waals surface area contributed by atoms with Crippen molar-refractivity contribution < 1.29 is 4.74 Å². The first kappa shape index (κ1) is 11.0. The highest BCUT2D eigenvalue weighted by Gasteiger charge is 2.44. The van der Waals surface area contributed by atoms with Crippen LogP contribution in [0.25, 0.3) is 0 Å². The Kier molecular flexibility index (Phi) is 2.97. The minimum absolute atomic E-state index is 0.339. The van der Waals surface area contributed by atoms with Gasteiger partial charge in [-0.2, -0.15) is 0 Å². The number of hydrogen-bond acceptors (Lipinski definition) is 2. The van der Waals surface area contributed by atoms with E-state index in [9.17, 15) is 0 Å². The van der Waals surface area contributed by atoms with Crippen molar-refractivity contribution in [1.82, 2.24) is 5.32 Å². The van der Waals surface area contributed by atoms with E-state index in [0.29, 0.717) is 5.60 Å². The van der Waals surface area contributed by atoms with Gasteiger partial charge in [0.1, 0.15) is 0 Å². The molecule has 3 aliphatic rings. The molecule has 0 aromatic heterocycles. The van der Waals surface area contributed by atoms with Crippen molar-refractivity contribution in [2.75, 3.05) is 13.2 Å². The molecule has 3 atom stereocenters. The molecule has 0 aromatic rings. The van der Waals surface area contributed by atoms with Gasteiger partial charge < -0.3 is 10.1 Å². The summed E-state index contributed by atoms with van der Waals surface area (Å²) in [6, 6.07) is 0.744. The van der Waals surface area contributed by atoms with E-state index in [1.807, 2.05) is 0 Å². The van der Waals surface area contributed by atoms with Crippen LogP contribution in [-0.2, 0) is 4.74 Å². The second-order valence-corrected chi connectivity index (χ2v) is 6.28. The molecule has 1 N–H and O–H groups in total. The molecule has 0 aromatic carbocycles. The third-order valence-corrected chi connectivity index (χ3v) is 5.16. The predicted octanol–water partition coefficient (Wildman–Crippen LogP) is 2.72. The molecule has 3 unspecified atom stereocenters. The molecular weight excluding hydrogens is 198 g/mol. The Morgan fingerprint density at radius 3 is 2.62 bits per heavy atom. The van der Waals surface area contributed by atoms with Gasteiger partial charge in [0.2, 0.25) is 0 Å². The van der Waals surface area contributed by atoms with Crippen LogP contribution in [0.1, 0.15) is 51.9 Å². The molecule has 1 aliphatic carbocycles. The molecule has 2 nitrogen and oxygen atoms in total. The summed E-state index contributed by atoms with van der Waals surface area (Å²) in [6.45, 7) is 4.59. The average molecular weight is 223 g/mol. The number of piperidine rings is 1. The van der Waals surface area contributed by atoms with Crippen molar-refractivity contribution in [3.63, 3.8) is 0 Å². The molecule has 3 rings (SSSR count). The fourth-order valence-corrected chi connectivity index (χ4v) is 3.81. The minimum atomic E-state index is 0.339. The Balaban J connectivity index is 1.57. The maximum atomic E-state index is 6.02. The van der Waals surface area contributed by atoms with Crippen molar-refractivity contribution in [2.45, 2.75) is 63.5 Å². The third kappa shape index (κ3) is 2.02. The summed E-state index contributed by atoms with van der Waals surface area (Å²) in [5.41, 5.74) is 0.339. The van der Waals surface area contributed by atoms with Crippen molar-refractivity contribution >= 4 is 0 Å². The Morgan fingerprint density at radius 2 is 2.00 bits per heavy atom. The first-order chi connectivity index (χ1) is 7.77. The number of nitrogens with one attached hydrogen (secondary N) is 1. The zero-order valence-electron chi connectivity index (χ0n) is 10.5. The highest BCUT2D eigenvalue weighted by atomic mass is 16.5. The van der Waals surface area contributed by atoms with E-state index < -0.39 is 0 Å². The van der Waals surface area contributed by atoms with Gasteiger partial charge >= 0.3 is 0 Å². The third-order valence-electron chi connectivity index (χ3n) is 5.16. The summed E-state index contributed by atoms with van der Waals surface area (Å²) >= 11 is 0. The molecular formula is C14H25NO. The lowest BCUT2D eigenvalue weighted by atomic mass is 9.68. The van der Waals surface area contributed by atoms with Gasteiger partial charge in [0.25, 0.3) is 0 Å². The van der Waals surface area contributed by atoms with Gasteiger partial charge in [0.15, 0.2) is 0 Å². The lowest BCUT2D eigenvalue weighted by Gasteiger charge is -2.49. The molecule has 2 heteroatoms. The number of hydrogen-bond donors (Lipinski definition) is 1. The molecule has 2 saturated heterocycles. The van der Waals surface area contributed by atoms with Gasteiger partial charge in [0.05, 0.1) is 5.60 Å². The van der Waals surface area contributed by atoms with Crippen LogP contribution in [0.2, 0.25) is 0 Å². The van der Waals surface area contributed by atoms with Crippen molar-refractivity contribution in [1.29, 1.82) is 0 Å². The zero-order valence-corrected chi connectivity index (χ0v) is 10.5. The van der Waals surface area contributed by atoms with E-state index in [1.54, 1.807) is 0 Å². The van der Waals surface area contributed by atoms with Gasteiger partial charge in [-0.15, -0.1) is 0 Å². The molecule has 0 bridgehead atoms. The maximum absolute atomic E-state index is 6.02. The smallest absolute Gasteiger partial charge is 0.0685 e. The SMILES string of the molecule is CC1CCC(C2CCOC3(CCC3)C2)CN1. The second-order valence-electron chi connectivity index (χ2n) is 6.28. The molecule has 1 saturated carbocycles. The number of ether oxygens (including phenoxy) is 1. The quantitative estimate of drug-likeness (QED) is 0.738. The molecule has 2 aliphatic heterocycles. The van der Waals surface area contributed by atoms with Crippen molar-refractivity contribution in [3.05, 3.63) is 0 Å². The topological polar surface area (TPSA) is 21.3 Å². The lowest BCUT2D eigenvalue weighted by Crippen LogP contribution is -2.49. The van der Waals surface area contributed by atoms with E-state index in [1.165, 1.54) is 51.5 Å². The molecule has 92 valence electrons. The first-order valence-electron chi connectivity index (χ1n) is 7.15. The van der Waals surface area contributed by atoms with Gasteiger partial charge in [-0.3, -0.25) is 0 Å². The minimum Gasteiger partial charge on any atom is -0.375 e. The highest BCUT2D eigenvalue weighted by molar-refractivity contribution is 4.96. The molecule has 0 amide bonds. The molecule has 3 fully saturated rings. The van der Waals surface area contributed by atoms with Crippen LogP contribution in [-0.4, -0.2) is 24.8 Å². The summed E-state index contributed by atoms with van der Waals surface area (Å²) < 4.78 is 6.02. The molecule has 16 heavy (non-hydrogen) atoms.